The Morgan fingerprint density at radius 2 is 1.52 bits per heavy atom. The SMILES string of the molecule is COc1ccc([C@@H]2CC(=O)c3c(O)cc(O[C@@H]4O[C@H](CO[C@@H]5O[C@@H](C)[C@H](O)[C@@H](O)[C@H]5O)[C@@H](O)[C@H](O)[C@H]4O)cc3O2)cc1O.[NaH]. The van der Waals surface area contributed by atoms with Gasteiger partial charge in [0.2, 0.25) is 6.29 Å². The number of fused-ring (bicyclic) bond motifs is 1. The Morgan fingerprint density at radius 1 is 0.841 bits per heavy atom. The van der Waals surface area contributed by atoms with E-state index in [4.69, 9.17) is 28.4 Å². The zero-order valence-electron chi connectivity index (χ0n) is 23.1. The van der Waals surface area contributed by atoms with Crippen molar-refractivity contribution in [3.8, 4) is 28.7 Å². The van der Waals surface area contributed by atoms with Crippen molar-refractivity contribution in [1.29, 1.82) is 0 Å². The van der Waals surface area contributed by atoms with Crippen molar-refractivity contribution < 1.29 is 74.1 Å². The van der Waals surface area contributed by atoms with E-state index in [2.05, 4.69) is 0 Å². The van der Waals surface area contributed by atoms with Crippen LogP contribution in [-0.4, -0.2) is 151 Å². The normalized spacial score (nSPS) is 35.2. The molecule has 0 radical (unpaired) electrons. The van der Waals surface area contributed by atoms with Crippen LogP contribution in [0.15, 0.2) is 30.3 Å². The molecule has 11 atom stereocenters. The van der Waals surface area contributed by atoms with E-state index in [9.17, 15) is 45.6 Å². The van der Waals surface area contributed by atoms with Crippen LogP contribution >= 0.6 is 0 Å². The first-order valence-corrected chi connectivity index (χ1v) is 13.5. The van der Waals surface area contributed by atoms with Crippen molar-refractivity contribution in [2.24, 2.45) is 0 Å². The van der Waals surface area contributed by atoms with Crippen LogP contribution in [0.5, 0.6) is 28.7 Å². The molecule has 2 fully saturated rings. The molecule has 15 nitrogen and oxygen atoms in total. The van der Waals surface area contributed by atoms with Crippen molar-refractivity contribution in [1.82, 2.24) is 0 Å². The Balaban J connectivity index is 0.00000442. The monoisotopic (exact) mass is 634 g/mol. The van der Waals surface area contributed by atoms with E-state index in [1.807, 2.05) is 0 Å². The van der Waals surface area contributed by atoms with E-state index in [1.165, 1.54) is 32.2 Å². The van der Waals surface area contributed by atoms with Crippen LogP contribution in [0.25, 0.3) is 0 Å². The molecule has 2 aromatic carbocycles. The van der Waals surface area contributed by atoms with Gasteiger partial charge in [0, 0.05) is 12.1 Å². The number of Topliss-reactive ketones (excluding diaryl/α,β-unsaturated/α-hetero) is 1. The number of aliphatic hydroxyl groups is 6. The van der Waals surface area contributed by atoms with Gasteiger partial charge in [-0.2, -0.15) is 0 Å². The molecule has 0 unspecified atom stereocenters. The van der Waals surface area contributed by atoms with E-state index in [-0.39, 0.29) is 64.5 Å². The summed E-state index contributed by atoms with van der Waals surface area (Å²) in [6.45, 7) is 0.964. The summed E-state index contributed by atoms with van der Waals surface area (Å²) in [7, 11) is 1.39. The number of carbonyl (C=O) groups excluding carboxylic acids is 1. The average Bonchev–Trinajstić information content (AvgIpc) is 2.97. The molecule has 16 heteroatoms. The molecule has 0 saturated carbocycles. The van der Waals surface area contributed by atoms with Crippen molar-refractivity contribution >= 4 is 35.3 Å². The van der Waals surface area contributed by atoms with Gasteiger partial charge >= 0.3 is 29.6 Å². The fraction of sp³-hybridized carbons (Fsp3) is 0.536. The number of benzene rings is 2. The number of methoxy groups -OCH3 is 1. The van der Waals surface area contributed by atoms with Crippen LogP contribution < -0.4 is 14.2 Å². The summed E-state index contributed by atoms with van der Waals surface area (Å²) in [6.07, 6.45) is -15.9. The van der Waals surface area contributed by atoms with Gasteiger partial charge in [-0.15, -0.1) is 0 Å². The Morgan fingerprint density at radius 3 is 2.20 bits per heavy atom. The number of phenols is 2. The third kappa shape index (κ3) is 6.79. The van der Waals surface area contributed by atoms with Gasteiger partial charge in [0.25, 0.3) is 0 Å². The number of phenolic OH excluding ortho intramolecular Hbond substituents is 2. The molecule has 5 rings (SSSR count). The van der Waals surface area contributed by atoms with Gasteiger partial charge in [-0.3, -0.25) is 4.79 Å². The molecule has 238 valence electrons. The number of carbonyl (C=O) groups is 1. The topological polar surface area (TPSA) is 234 Å². The predicted octanol–water partition coefficient (Wildman–Crippen LogP) is -1.81. The third-order valence-electron chi connectivity index (χ3n) is 7.70. The maximum absolute atomic E-state index is 12.9. The quantitative estimate of drug-likeness (QED) is 0.157. The fourth-order valence-electron chi connectivity index (χ4n) is 5.20. The Kier molecular flexibility index (Phi) is 11.0. The van der Waals surface area contributed by atoms with Gasteiger partial charge in [0.1, 0.15) is 71.6 Å². The van der Waals surface area contributed by atoms with Crippen molar-refractivity contribution in [2.75, 3.05) is 13.7 Å². The number of ketones is 1. The zero-order valence-corrected chi connectivity index (χ0v) is 23.1. The molecule has 0 aliphatic carbocycles. The van der Waals surface area contributed by atoms with E-state index >= 15 is 0 Å². The number of aliphatic hydroxyl groups excluding tert-OH is 6. The molecular weight excluding hydrogens is 599 g/mol. The summed E-state index contributed by atoms with van der Waals surface area (Å²) in [5, 5.41) is 82.2. The summed E-state index contributed by atoms with van der Waals surface area (Å²) in [6, 6.07) is 6.90. The van der Waals surface area contributed by atoms with E-state index in [1.54, 1.807) is 6.07 Å². The van der Waals surface area contributed by atoms with Crippen LogP contribution in [0.3, 0.4) is 0 Å². The van der Waals surface area contributed by atoms with E-state index in [0.717, 1.165) is 6.07 Å². The first kappa shape index (κ1) is 34.6. The van der Waals surface area contributed by atoms with Gasteiger partial charge in [-0.05, 0) is 24.6 Å². The Hall–Kier alpha value is -2.25. The van der Waals surface area contributed by atoms with Gasteiger partial charge in [0.05, 0.1) is 26.2 Å². The van der Waals surface area contributed by atoms with Crippen molar-refractivity contribution in [3.05, 3.63) is 41.5 Å². The zero-order chi connectivity index (χ0) is 31.2. The molecule has 2 saturated heterocycles. The molecule has 3 aliphatic heterocycles. The fourth-order valence-corrected chi connectivity index (χ4v) is 5.20. The molecule has 3 aliphatic rings. The third-order valence-corrected chi connectivity index (χ3v) is 7.70. The molecule has 0 bridgehead atoms. The minimum absolute atomic E-state index is 0. The molecule has 2 aromatic rings. The maximum atomic E-state index is 12.9. The van der Waals surface area contributed by atoms with Gasteiger partial charge < -0.3 is 69.3 Å². The summed E-state index contributed by atoms with van der Waals surface area (Å²) >= 11 is 0. The van der Waals surface area contributed by atoms with Crippen LogP contribution in [-0.2, 0) is 14.2 Å². The number of rotatable bonds is 7. The molecule has 44 heavy (non-hydrogen) atoms. The van der Waals surface area contributed by atoms with Crippen LogP contribution in [0.4, 0.5) is 0 Å². The summed E-state index contributed by atoms with van der Waals surface area (Å²) in [4.78, 5) is 12.9. The van der Waals surface area contributed by atoms with Gasteiger partial charge in [-0.25, -0.2) is 0 Å². The number of hydrogen-bond donors (Lipinski definition) is 8. The minimum atomic E-state index is -1.77. The summed E-state index contributed by atoms with van der Waals surface area (Å²) in [5.41, 5.74) is 0.373. The second-order valence-electron chi connectivity index (χ2n) is 10.6. The van der Waals surface area contributed by atoms with Crippen LogP contribution in [0.2, 0.25) is 0 Å². The molecule has 3 heterocycles. The van der Waals surface area contributed by atoms with Gasteiger partial charge in [0.15, 0.2) is 23.6 Å². The van der Waals surface area contributed by atoms with Gasteiger partial charge in [-0.1, -0.05) is 6.07 Å². The molecular formula is C28H35NaO15. The Labute approximate surface area is 273 Å². The van der Waals surface area contributed by atoms with Crippen molar-refractivity contribution in [3.63, 3.8) is 0 Å². The standard InChI is InChI=1S/C28H34O15.Na.H/c1-10-21(32)23(34)25(36)27(40-10)39-9-19-22(33)24(35)26(37)28(43-19)41-12-6-14(30)20-15(31)8-17(42-18(20)7-12)11-3-4-16(38-2)13(29)5-11;;/h3-7,10,17,19,21-30,32-37H,8-9H2,1-2H3;;/t10-,17-,19+,21-,22+,23+,24-,25+,26+,27+,28+;;/m0../s1. The van der Waals surface area contributed by atoms with E-state index < -0.39 is 85.7 Å². The molecule has 8 N–H and O–H groups in total. The van der Waals surface area contributed by atoms with Crippen molar-refractivity contribution in [2.45, 2.75) is 80.9 Å². The first-order chi connectivity index (χ1) is 20.4. The average molecular weight is 635 g/mol. The number of ether oxygens (including phenoxy) is 6. The predicted molar refractivity (Wildman–Crippen MR) is 148 cm³/mol. The number of aromatic hydroxyl groups is 2. The molecule has 0 aromatic heterocycles. The first-order valence-electron chi connectivity index (χ1n) is 13.5. The molecule has 0 spiro atoms. The van der Waals surface area contributed by atoms with E-state index in [0.29, 0.717) is 5.56 Å². The summed E-state index contributed by atoms with van der Waals surface area (Å²) in [5.74, 6) is -0.999. The molecule has 0 amide bonds. The Bertz CT molecular complexity index is 1330. The summed E-state index contributed by atoms with van der Waals surface area (Å²) < 4.78 is 33.1. The van der Waals surface area contributed by atoms with Crippen LogP contribution in [0.1, 0.15) is 35.4 Å². The second-order valence-corrected chi connectivity index (χ2v) is 10.6. The van der Waals surface area contributed by atoms with Crippen LogP contribution in [0, 0.1) is 0 Å². The second kappa shape index (κ2) is 14.0. The number of hydrogen-bond acceptors (Lipinski definition) is 15.